The summed E-state index contributed by atoms with van der Waals surface area (Å²) in [5, 5.41) is 12.4. The summed E-state index contributed by atoms with van der Waals surface area (Å²) < 4.78 is 19.6. The van der Waals surface area contributed by atoms with Crippen molar-refractivity contribution in [2.75, 3.05) is 11.9 Å². The fraction of sp³-hybridized carbons (Fsp3) is 0.208. The zero-order valence-electron chi connectivity index (χ0n) is 18.4. The summed E-state index contributed by atoms with van der Waals surface area (Å²) in [6.45, 7) is 2.12. The van der Waals surface area contributed by atoms with E-state index >= 15 is 0 Å². The van der Waals surface area contributed by atoms with Crippen molar-refractivity contribution in [1.29, 1.82) is 0 Å². The average Bonchev–Trinajstić information content (AvgIpc) is 3.33. The number of rotatable bonds is 7. The van der Waals surface area contributed by atoms with Gasteiger partial charge < -0.3 is 10.1 Å². The molecule has 0 atom stereocenters. The van der Waals surface area contributed by atoms with E-state index in [9.17, 15) is 18.8 Å². The number of hydrazone groups is 1. The lowest BCUT2D eigenvalue weighted by molar-refractivity contribution is -0.132. The van der Waals surface area contributed by atoms with E-state index in [0.717, 1.165) is 0 Å². The average molecular weight is 463 g/mol. The van der Waals surface area contributed by atoms with Crippen LogP contribution in [0.3, 0.4) is 0 Å². The number of ether oxygens (including phenoxy) is 1. The van der Waals surface area contributed by atoms with Crippen molar-refractivity contribution in [3.8, 4) is 5.69 Å². The quantitative estimate of drug-likeness (QED) is 0.541. The minimum Gasteiger partial charge on any atom is -0.461 e. The summed E-state index contributed by atoms with van der Waals surface area (Å²) in [5.41, 5.74) is 2.23. The van der Waals surface area contributed by atoms with Gasteiger partial charge in [-0.3, -0.25) is 9.59 Å². The van der Waals surface area contributed by atoms with Crippen LogP contribution in [0.4, 0.5) is 10.1 Å². The number of nitrogens with zero attached hydrogens (tertiary/aromatic N) is 4. The van der Waals surface area contributed by atoms with E-state index in [-0.39, 0.29) is 49.1 Å². The molecule has 0 radical (unpaired) electrons. The summed E-state index contributed by atoms with van der Waals surface area (Å²) >= 11 is 0. The van der Waals surface area contributed by atoms with E-state index < -0.39 is 11.9 Å². The Hall–Kier alpha value is -4.34. The van der Waals surface area contributed by atoms with E-state index in [0.29, 0.717) is 16.9 Å². The number of hydrogen-bond donors (Lipinski definition) is 1. The van der Waals surface area contributed by atoms with Crippen LogP contribution >= 0.6 is 0 Å². The van der Waals surface area contributed by atoms with Gasteiger partial charge in [0.2, 0.25) is 5.91 Å². The van der Waals surface area contributed by atoms with Crippen LogP contribution in [-0.4, -0.2) is 44.9 Å². The van der Waals surface area contributed by atoms with Crippen molar-refractivity contribution >= 4 is 29.2 Å². The molecule has 1 aromatic heterocycles. The van der Waals surface area contributed by atoms with Gasteiger partial charge in [0, 0.05) is 24.7 Å². The Morgan fingerprint density at radius 1 is 1.12 bits per heavy atom. The molecular weight excluding hydrogens is 441 g/mol. The second-order valence-corrected chi connectivity index (χ2v) is 7.50. The van der Waals surface area contributed by atoms with E-state index in [4.69, 9.17) is 4.74 Å². The Morgan fingerprint density at radius 3 is 2.68 bits per heavy atom. The van der Waals surface area contributed by atoms with Gasteiger partial charge in [-0.05, 0) is 48.9 Å². The predicted octanol–water partition coefficient (Wildman–Crippen LogP) is 3.31. The van der Waals surface area contributed by atoms with Gasteiger partial charge in [-0.25, -0.2) is 18.9 Å². The number of halogens is 1. The van der Waals surface area contributed by atoms with Gasteiger partial charge in [0.15, 0.2) is 5.69 Å². The maximum absolute atomic E-state index is 13.1. The second kappa shape index (κ2) is 10.1. The molecule has 3 aromatic rings. The standard InChI is InChI=1S/C24H22FN5O4/c1-2-34-24(33)21-12-13-29(28-21)19-5-3-4-18(14-19)26-23(32)20-10-11-22(31)30(27-20)15-16-6-8-17(25)9-7-16/h3-9,12-14H,2,10-11,15H2,1H3,(H,26,32). The van der Waals surface area contributed by atoms with Crippen molar-refractivity contribution < 1.29 is 23.5 Å². The van der Waals surface area contributed by atoms with Crippen LogP contribution in [0.25, 0.3) is 5.69 Å². The number of carbonyl (C=O) groups excluding carboxylic acids is 3. The highest BCUT2D eigenvalue weighted by molar-refractivity contribution is 6.43. The smallest absolute Gasteiger partial charge is 0.358 e. The van der Waals surface area contributed by atoms with E-state index in [2.05, 4.69) is 15.5 Å². The molecule has 1 N–H and O–H groups in total. The molecule has 9 nitrogen and oxygen atoms in total. The van der Waals surface area contributed by atoms with Crippen molar-refractivity contribution in [3.63, 3.8) is 0 Å². The second-order valence-electron chi connectivity index (χ2n) is 7.50. The molecule has 0 bridgehead atoms. The highest BCUT2D eigenvalue weighted by Crippen LogP contribution is 2.18. The summed E-state index contributed by atoms with van der Waals surface area (Å²) in [5.74, 6) is -1.52. The van der Waals surface area contributed by atoms with E-state index in [1.165, 1.54) is 21.8 Å². The highest BCUT2D eigenvalue weighted by Gasteiger charge is 2.25. The zero-order valence-corrected chi connectivity index (χ0v) is 18.4. The number of anilines is 1. The largest absolute Gasteiger partial charge is 0.461 e. The molecule has 2 heterocycles. The number of carbonyl (C=O) groups is 3. The monoisotopic (exact) mass is 463 g/mol. The minimum atomic E-state index is -0.513. The third-order valence-electron chi connectivity index (χ3n) is 5.05. The molecule has 34 heavy (non-hydrogen) atoms. The maximum atomic E-state index is 13.1. The number of hydrogen-bond acceptors (Lipinski definition) is 6. The molecule has 1 aliphatic heterocycles. The van der Waals surface area contributed by atoms with E-state index in [1.807, 2.05) is 0 Å². The van der Waals surface area contributed by atoms with Gasteiger partial charge in [0.25, 0.3) is 5.91 Å². The fourth-order valence-electron chi connectivity index (χ4n) is 3.36. The molecule has 10 heteroatoms. The Kier molecular flexibility index (Phi) is 6.77. The lowest BCUT2D eigenvalue weighted by atomic mass is 10.1. The molecular formula is C24H22FN5O4. The maximum Gasteiger partial charge on any atom is 0.358 e. The molecule has 2 aromatic carbocycles. The van der Waals surface area contributed by atoms with Crippen LogP contribution in [0.5, 0.6) is 0 Å². The summed E-state index contributed by atoms with van der Waals surface area (Å²) in [7, 11) is 0. The normalized spacial score (nSPS) is 13.4. The third-order valence-corrected chi connectivity index (χ3v) is 5.05. The van der Waals surface area contributed by atoms with Crippen molar-refractivity contribution in [1.82, 2.24) is 14.8 Å². The third kappa shape index (κ3) is 5.34. The Balaban J connectivity index is 1.46. The van der Waals surface area contributed by atoms with Crippen LogP contribution in [0.2, 0.25) is 0 Å². The molecule has 0 saturated carbocycles. The van der Waals surface area contributed by atoms with Crippen LogP contribution < -0.4 is 5.32 Å². The van der Waals surface area contributed by atoms with Gasteiger partial charge >= 0.3 is 5.97 Å². The lowest BCUT2D eigenvalue weighted by Gasteiger charge is -2.23. The fourth-order valence-corrected chi connectivity index (χ4v) is 3.36. The molecule has 0 fully saturated rings. The Morgan fingerprint density at radius 2 is 1.91 bits per heavy atom. The van der Waals surface area contributed by atoms with Crippen molar-refractivity contribution in [3.05, 3.63) is 77.9 Å². The summed E-state index contributed by atoms with van der Waals surface area (Å²) in [6.07, 6.45) is 1.99. The van der Waals surface area contributed by atoms with Gasteiger partial charge in [-0.1, -0.05) is 18.2 Å². The van der Waals surface area contributed by atoms with Crippen LogP contribution in [0.15, 0.2) is 65.9 Å². The number of nitrogens with one attached hydrogen (secondary N) is 1. The zero-order chi connectivity index (χ0) is 24.1. The molecule has 0 saturated heterocycles. The molecule has 0 unspecified atom stereocenters. The first-order valence-corrected chi connectivity index (χ1v) is 10.7. The van der Waals surface area contributed by atoms with Gasteiger partial charge in [-0.15, -0.1) is 0 Å². The molecule has 0 spiro atoms. The molecule has 4 rings (SSSR count). The first-order chi connectivity index (χ1) is 16.4. The Bertz CT molecular complexity index is 1250. The minimum absolute atomic E-state index is 0.146. The topological polar surface area (TPSA) is 106 Å². The first kappa shape index (κ1) is 22.8. The van der Waals surface area contributed by atoms with Crippen molar-refractivity contribution in [2.45, 2.75) is 26.3 Å². The lowest BCUT2D eigenvalue weighted by Crippen LogP contribution is -2.36. The molecule has 0 aliphatic carbocycles. The van der Waals surface area contributed by atoms with Gasteiger partial charge in [-0.2, -0.15) is 10.2 Å². The van der Waals surface area contributed by atoms with Crippen molar-refractivity contribution in [2.24, 2.45) is 5.10 Å². The molecule has 174 valence electrons. The van der Waals surface area contributed by atoms with Crippen LogP contribution in [-0.2, 0) is 20.9 Å². The molecule has 2 amide bonds. The van der Waals surface area contributed by atoms with Crippen LogP contribution in [0, 0.1) is 5.82 Å². The number of aromatic nitrogens is 2. The highest BCUT2D eigenvalue weighted by atomic mass is 19.1. The predicted molar refractivity (Wildman–Crippen MR) is 122 cm³/mol. The summed E-state index contributed by atoms with van der Waals surface area (Å²) in [4.78, 5) is 36.9. The van der Waals surface area contributed by atoms with Gasteiger partial charge in [0.05, 0.1) is 18.8 Å². The Labute approximate surface area is 194 Å². The summed E-state index contributed by atoms with van der Waals surface area (Å²) in [6, 6.07) is 14.2. The van der Waals surface area contributed by atoms with Gasteiger partial charge in [0.1, 0.15) is 11.5 Å². The number of esters is 1. The molecule has 1 aliphatic rings. The van der Waals surface area contributed by atoms with Crippen LogP contribution in [0.1, 0.15) is 35.8 Å². The number of benzene rings is 2. The number of amides is 2. The first-order valence-electron chi connectivity index (χ1n) is 10.7. The SMILES string of the molecule is CCOC(=O)c1ccn(-c2cccc(NC(=O)C3=NN(Cc4ccc(F)cc4)C(=O)CC3)c2)n1. The van der Waals surface area contributed by atoms with E-state index in [1.54, 1.807) is 55.6 Å².